The Kier molecular flexibility index (Phi) is 3.90. The van der Waals surface area contributed by atoms with E-state index in [1.165, 1.54) is 22.5 Å². The molecule has 1 fully saturated rings. The van der Waals surface area contributed by atoms with Crippen LogP contribution in [-0.4, -0.2) is 39.0 Å². The summed E-state index contributed by atoms with van der Waals surface area (Å²) in [6, 6.07) is 6.35. The molecule has 0 aromatic heterocycles. The van der Waals surface area contributed by atoms with Crippen LogP contribution in [-0.2, 0) is 14.9 Å². The molecule has 102 valence electrons. The van der Waals surface area contributed by atoms with Crippen LogP contribution >= 0.6 is 0 Å². The predicted octanol–water partition coefficient (Wildman–Crippen LogP) is 0.129. The van der Waals surface area contributed by atoms with E-state index < -0.39 is 10.2 Å². The van der Waals surface area contributed by atoms with Crippen LogP contribution in [0.25, 0.3) is 0 Å². The molecule has 1 aromatic carbocycles. The quantitative estimate of drug-likeness (QED) is 0.766. The van der Waals surface area contributed by atoms with Gasteiger partial charge in [-0.3, -0.25) is 4.72 Å². The van der Waals surface area contributed by atoms with Gasteiger partial charge in [-0.1, -0.05) is 0 Å². The minimum absolute atomic E-state index is 0.218. The summed E-state index contributed by atoms with van der Waals surface area (Å²) >= 11 is 0. The van der Waals surface area contributed by atoms with Crippen molar-refractivity contribution in [3.8, 4) is 6.07 Å². The second kappa shape index (κ2) is 5.44. The lowest BCUT2D eigenvalue weighted by molar-refractivity contribution is 0.0733. The van der Waals surface area contributed by atoms with Crippen LogP contribution in [0.3, 0.4) is 0 Å². The Bertz CT molecular complexity index is 603. The van der Waals surface area contributed by atoms with Gasteiger partial charge in [0.2, 0.25) is 0 Å². The Morgan fingerprint density at radius 3 is 2.63 bits per heavy atom. The van der Waals surface area contributed by atoms with Crippen LogP contribution in [0.4, 0.5) is 11.4 Å². The van der Waals surface area contributed by atoms with E-state index in [1.807, 2.05) is 6.07 Å². The highest BCUT2D eigenvalue weighted by atomic mass is 32.2. The second-order valence-electron chi connectivity index (χ2n) is 4.03. The number of ether oxygens (including phenoxy) is 1. The van der Waals surface area contributed by atoms with Crippen molar-refractivity contribution in [3.05, 3.63) is 23.8 Å². The van der Waals surface area contributed by atoms with E-state index in [9.17, 15) is 8.42 Å². The van der Waals surface area contributed by atoms with Crippen molar-refractivity contribution >= 4 is 21.6 Å². The lowest BCUT2D eigenvalue weighted by atomic mass is 10.2. The predicted molar refractivity (Wildman–Crippen MR) is 70.5 cm³/mol. The van der Waals surface area contributed by atoms with Crippen molar-refractivity contribution < 1.29 is 13.2 Å². The van der Waals surface area contributed by atoms with E-state index in [2.05, 4.69) is 4.72 Å². The highest BCUT2D eigenvalue weighted by Gasteiger charge is 2.24. The Labute approximate surface area is 111 Å². The standard InChI is InChI=1S/C11H14N4O3S/c12-8-9-1-2-11(10(13)7-9)14-19(16,17)15-3-5-18-6-4-15/h1-2,7,14H,3-6,13H2. The van der Waals surface area contributed by atoms with E-state index in [-0.39, 0.29) is 11.4 Å². The van der Waals surface area contributed by atoms with Gasteiger partial charge in [-0.2, -0.15) is 18.0 Å². The van der Waals surface area contributed by atoms with Crippen molar-refractivity contribution in [1.29, 1.82) is 5.26 Å². The smallest absolute Gasteiger partial charge is 0.301 e. The Morgan fingerprint density at radius 1 is 1.37 bits per heavy atom. The van der Waals surface area contributed by atoms with Gasteiger partial charge in [-0.25, -0.2) is 0 Å². The first kappa shape index (κ1) is 13.6. The largest absolute Gasteiger partial charge is 0.397 e. The number of nitrogens with zero attached hydrogens (tertiary/aromatic N) is 2. The van der Waals surface area contributed by atoms with Gasteiger partial charge in [0.15, 0.2) is 0 Å². The van der Waals surface area contributed by atoms with E-state index in [4.69, 9.17) is 15.7 Å². The van der Waals surface area contributed by atoms with Crippen molar-refractivity contribution in [2.75, 3.05) is 36.8 Å². The van der Waals surface area contributed by atoms with E-state index in [0.717, 1.165) is 0 Å². The normalized spacial score (nSPS) is 16.8. The number of morpholine rings is 1. The molecule has 3 N–H and O–H groups in total. The fraction of sp³-hybridized carbons (Fsp3) is 0.364. The number of anilines is 2. The Balaban J connectivity index is 2.18. The molecule has 1 saturated heterocycles. The summed E-state index contributed by atoms with van der Waals surface area (Å²) in [5.41, 5.74) is 6.58. The molecule has 0 spiro atoms. The van der Waals surface area contributed by atoms with Crippen LogP contribution < -0.4 is 10.5 Å². The molecule has 1 heterocycles. The molecule has 0 amide bonds. The molecule has 1 aromatic rings. The second-order valence-corrected chi connectivity index (χ2v) is 5.70. The monoisotopic (exact) mass is 282 g/mol. The number of benzene rings is 1. The summed E-state index contributed by atoms with van der Waals surface area (Å²) in [4.78, 5) is 0. The maximum Gasteiger partial charge on any atom is 0.301 e. The first-order chi connectivity index (χ1) is 9.03. The molecular formula is C11H14N4O3S. The maximum atomic E-state index is 12.1. The average molecular weight is 282 g/mol. The summed E-state index contributed by atoms with van der Waals surface area (Å²) in [5.74, 6) is 0. The highest BCUT2D eigenvalue weighted by Crippen LogP contribution is 2.21. The molecule has 19 heavy (non-hydrogen) atoms. The van der Waals surface area contributed by atoms with Crippen LogP contribution in [0.1, 0.15) is 5.56 Å². The number of rotatable bonds is 3. The molecule has 0 bridgehead atoms. The zero-order chi connectivity index (χ0) is 13.9. The number of nitrogens with one attached hydrogen (secondary N) is 1. The van der Waals surface area contributed by atoms with Gasteiger partial charge in [0.1, 0.15) is 0 Å². The summed E-state index contributed by atoms with van der Waals surface area (Å²) in [5, 5.41) is 8.72. The molecule has 0 saturated carbocycles. The zero-order valence-electron chi connectivity index (χ0n) is 10.2. The fourth-order valence-corrected chi connectivity index (χ4v) is 2.94. The maximum absolute atomic E-state index is 12.1. The van der Waals surface area contributed by atoms with E-state index in [0.29, 0.717) is 31.9 Å². The van der Waals surface area contributed by atoms with Gasteiger partial charge in [0.25, 0.3) is 0 Å². The molecular weight excluding hydrogens is 268 g/mol. The summed E-state index contributed by atoms with van der Waals surface area (Å²) in [6.07, 6.45) is 0. The van der Waals surface area contributed by atoms with Crippen molar-refractivity contribution in [3.63, 3.8) is 0 Å². The molecule has 0 aliphatic carbocycles. The number of nitrogen functional groups attached to an aromatic ring is 1. The van der Waals surface area contributed by atoms with Crippen LogP contribution in [0, 0.1) is 11.3 Å². The third kappa shape index (κ3) is 3.14. The minimum Gasteiger partial charge on any atom is -0.397 e. The SMILES string of the molecule is N#Cc1ccc(NS(=O)(=O)N2CCOCC2)c(N)c1. The third-order valence-corrected chi connectivity index (χ3v) is 4.25. The molecule has 1 aliphatic heterocycles. The van der Waals surface area contributed by atoms with Gasteiger partial charge >= 0.3 is 10.2 Å². The van der Waals surface area contributed by atoms with Crippen LogP contribution in [0.15, 0.2) is 18.2 Å². The molecule has 0 radical (unpaired) electrons. The lowest BCUT2D eigenvalue weighted by Gasteiger charge is -2.26. The Morgan fingerprint density at radius 2 is 2.05 bits per heavy atom. The summed E-state index contributed by atoms with van der Waals surface area (Å²) in [7, 11) is -3.64. The molecule has 1 aliphatic rings. The van der Waals surface area contributed by atoms with Gasteiger partial charge < -0.3 is 10.5 Å². The molecule has 2 rings (SSSR count). The van der Waals surface area contributed by atoms with Crippen molar-refractivity contribution in [2.24, 2.45) is 0 Å². The lowest BCUT2D eigenvalue weighted by Crippen LogP contribution is -2.43. The fourth-order valence-electron chi connectivity index (χ4n) is 1.72. The van der Waals surface area contributed by atoms with Crippen LogP contribution in [0.2, 0.25) is 0 Å². The van der Waals surface area contributed by atoms with Gasteiger partial charge in [-0.15, -0.1) is 0 Å². The van der Waals surface area contributed by atoms with Crippen molar-refractivity contribution in [2.45, 2.75) is 0 Å². The third-order valence-electron chi connectivity index (χ3n) is 2.73. The molecule has 0 atom stereocenters. The topological polar surface area (TPSA) is 108 Å². The van der Waals surface area contributed by atoms with E-state index >= 15 is 0 Å². The first-order valence-corrected chi connectivity index (χ1v) is 7.12. The Hall–Kier alpha value is -1.82. The molecule has 7 nitrogen and oxygen atoms in total. The number of nitrogens with two attached hydrogens (primary N) is 1. The highest BCUT2D eigenvalue weighted by molar-refractivity contribution is 7.90. The summed E-state index contributed by atoms with van der Waals surface area (Å²) in [6.45, 7) is 1.38. The van der Waals surface area contributed by atoms with Crippen LogP contribution in [0.5, 0.6) is 0 Å². The number of nitriles is 1. The average Bonchev–Trinajstić information content (AvgIpc) is 2.42. The zero-order valence-corrected chi connectivity index (χ0v) is 11.0. The first-order valence-electron chi connectivity index (χ1n) is 5.68. The minimum atomic E-state index is -3.64. The van der Waals surface area contributed by atoms with Gasteiger partial charge in [-0.05, 0) is 18.2 Å². The summed E-state index contributed by atoms with van der Waals surface area (Å²) < 4.78 is 33.0. The number of hydrogen-bond acceptors (Lipinski definition) is 5. The number of hydrogen-bond donors (Lipinski definition) is 2. The molecule has 8 heteroatoms. The van der Waals surface area contributed by atoms with Gasteiger partial charge in [0, 0.05) is 13.1 Å². The van der Waals surface area contributed by atoms with E-state index in [1.54, 1.807) is 0 Å². The van der Waals surface area contributed by atoms with Crippen molar-refractivity contribution in [1.82, 2.24) is 4.31 Å². The van der Waals surface area contributed by atoms with Gasteiger partial charge in [0.05, 0.1) is 36.2 Å². The molecule has 0 unspecified atom stereocenters.